The minimum Gasteiger partial charge on any atom is -0.305 e. The Balaban J connectivity index is 2.24. The van der Waals surface area contributed by atoms with Crippen molar-refractivity contribution in [1.82, 2.24) is 4.83 Å². The zero-order valence-electron chi connectivity index (χ0n) is 10.2. The fraction of sp³-hybridized carbons (Fsp3) is 0. The molecule has 21 heavy (non-hydrogen) atoms. The lowest BCUT2D eigenvalue weighted by molar-refractivity contribution is 0.583. The van der Waals surface area contributed by atoms with Gasteiger partial charge in [-0.15, -0.1) is 4.83 Å². The van der Waals surface area contributed by atoms with Crippen molar-refractivity contribution in [3.8, 4) is 0 Å². The van der Waals surface area contributed by atoms with Gasteiger partial charge in [0.1, 0.15) is 5.82 Å². The summed E-state index contributed by atoms with van der Waals surface area (Å²) in [5.41, 5.74) is 2.53. The molecule has 0 bridgehead atoms. The third-order valence-corrected chi connectivity index (χ3v) is 4.48. The molecule has 0 aromatic heterocycles. The maximum atomic E-state index is 13.1. The first-order valence-electron chi connectivity index (χ1n) is 5.47. The van der Waals surface area contributed by atoms with Crippen LogP contribution in [0.4, 0.5) is 10.1 Å². The van der Waals surface area contributed by atoms with Gasteiger partial charge in [0, 0.05) is 5.02 Å². The van der Waals surface area contributed by atoms with Crippen molar-refractivity contribution in [3.63, 3.8) is 0 Å². The van der Waals surface area contributed by atoms with Crippen LogP contribution in [-0.2, 0) is 10.0 Å². The van der Waals surface area contributed by atoms with Gasteiger partial charge in [-0.25, -0.2) is 12.8 Å². The van der Waals surface area contributed by atoms with Crippen LogP contribution in [0.3, 0.4) is 0 Å². The number of halogens is 4. The second kappa shape index (κ2) is 6.37. The van der Waals surface area contributed by atoms with E-state index < -0.39 is 15.8 Å². The Morgan fingerprint density at radius 2 is 1.62 bits per heavy atom. The fourth-order valence-corrected chi connectivity index (χ4v) is 3.26. The standard InChI is InChI=1S/C12H8Cl3FN2O2S/c13-7-4-10(14)12(11(15)5-7)17-18-21(19,20)9-3-1-2-8(16)6-9/h1-6,17-18H. The van der Waals surface area contributed by atoms with E-state index in [0.717, 1.165) is 12.1 Å². The summed E-state index contributed by atoms with van der Waals surface area (Å²) in [6.45, 7) is 0. The highest BCUT2D eigenvalue weighted by molar-refractivity contribution is 7.89. The van der Waals surface area contributed by atoms with Gasteiger partial charge in [-0.2, -0.15) is 0 Å². The minimum atomic E-state index is -3.98. The zero-order chi connectivity index (χ0) is 15.6. The van der Waals surface area contributed by atoms with Gasteiger partial charge in [0.15, 0.2) is 0 Å². The Kier molecular flexibility index (Phi) is 4.95. The maximum absolute atomic E-state index is 13.1. The first kappa shape index (κ1) is 16.3. The van der Waals surface area contributed by atoms with Crippen LogP contribution in [-0.4, -0.2) is 8.42 Å². The Bertz CT molecular complexity index is 761. The van der Waals surface area contributed by atoms with E-state index >= 15 is 0 Å². The molecule has 0 radical (unpaired) electrons. The van der Waals surface area contributed by atoms with Crippen LogP contribution >= 0.6 is 34.8 Å². The van der Waals surface area contributed by atoms with Crippen LogP contribution in [0.25, 0.3) is 0 Å². The summed E-state index contributed by atoms with van der Waals surface area (Å²) in [5, 5.41) is 0.576. The molecule has 2 N–H and O–H groups in total. The number of rotatable bonds is 4. The average Bonchev–Trinajstić information content (AvgIpc) is 2.37. The molecule has 9 heteroatoms. The van der Waals surface area contributed by atoms with E-state index in [9.17, 15) is 12.8 Å². The summed E-state index contributed by atoms with van der Waals surface area (Å²) in [6.07, 6.45) is 0. The lowest BCUT2D eigenvalue weighted by Crippen LogP contribution is -2.29. The number of benzene rings is 2. The number of hydrogen-bond acceptors (Lipinski definition) is 3. The summed E-state index contributed by atoms with van der Waals surface area (Å²) in [5.74, 6) is -0.666. The first-order chi connectivity index (χ1) is 9.79. The molecule has 112 valence electrons. The predicted octanol–water partition coefficient (Wildman–Crippen LogP) is 4.09. The van der Waals surface area contributed by atoms with Crippen molar-refractivity contribution in [2.45, 2.75) is 4.90 Å². The Morgan fingerprint density at radius 1 is 1.00 bits per heavy atom. The Labute approximate surface area is 135 Å². The molecule has 4 nitrogen and oxygen atoms in total. The normalized spacial score (nSPS) is 11.4. The monoisotopic (exact) mass is 368 g/mol. The number of hydrazine groups is 1. The van der Waals surface area contributed by atoms with Crippen molar-refractivity contribution in [3.05, 3.63) is 57.3 Å². The minimum absolute atomic E-state index is 0.134. The number of nitrogens with one attached hydrogen (secondary N) is 2. The summed E-state index contributed by atoms with van der Waals surface area (Å²) in [7, 11) is -3.98. The molecule has 0 amide bonds. The van der Waals surface area contributed by atoms with Gasteiger partial charge in [-0.1, -0.05) is 40.9 Å². The Hall–Kier alpha value is -1.05. The molecule has 2 aromatic carbocycles. The molecule has 2 rings (SSSR count). The van der Waals surface area contributed by atoms with Crippen LogP contribution < -0.4 is 10.3 Å². The van der Waals surface area contributed by atoms with Gasteiger partial charge in [-0.05, 0) is 30.3 Å². The van der Waals surface area contributed by atoms with E-state index in [2.05, 4.69) is 10.3 Å². The highest BCUT2D eigenvalue weighted by Gasteiger charge is 2.16. The van der Waals surface area contributed by atoms with E-state index in [1.165, 1.54) is 24.3 Å². The zero-order valence-corrected chi connectivity index (χ0v) is 13.3. The van der Waals surface area contributed by atoms with Crippen molar-refractivity contribution in [1.29, 1.82) is 0 Å². The number of anilines is 1. The van der Waals surface area contributed by atoms with Gasteiger partial charge >= 0.3 is 0 Å². The molecular weight excluding hydrogens is 362 g/mol. The predicted molar refractivity (Wildman–Crippen MR) is 81.8 cm³/mol. The third-order valence-electron chi connectivity index (χ3n) is 2.42. The molecule has 0 aliphatic rings. The van der Waals surface area contributed by atoms with E-state index in [1.54, 1.807) is 0 Å². The highest BCUT2D eigenvalue weighted by atomic mass is 35.5. The Morgan fingerprint density at radius 3 is 2.19 bits per heavy atom. The number of hydrogen-bond donors (Lipinski definition) is 2. The summed E-state index contributed by atoms with van der Waals surface area (Å²) >= 11 is 17.6. The van der Waals surface area contributed by atoms with E-state index in [4.69, 9.17) is 34.8 Å². The van der Waals surface area contributed by atoms with Gasteiger partial charge in [0.2, 0.25) is 0 Å². The van der Waals surface area contributed by atoms with E-state index in [1.807, 2.05) is 0 Å². The van der Waals surface area contributed by atoms with E-state index in [0.29, 0.717) is 5.02 Å². The van der Waals surface area contributed by atoms with Gasteiger partial charge < -0.3 is 5.43 Å². The lowest BCUT2D eigenvalue weighted by atomic mass is 10.3. The van der Waals surface area contributed by atoms with Crippen LogP contribution in [0.2, 0.25) is 15.1 Å². The lowest BCUT2D eigenvalue weighted by Gasteiger charge is -2.12. The second-order valence-electron chi connectivity index (χ2n) is 3.93. The molecule has 0 spiro atoms. The van der Waals surface area contributed by atoms with Crippen molar-refractivity contribution >= 4 is 50.5 Å². The molecular formula is C12H8Cl3FN2O2S. The molecule has 2 aromatic rings. The van der Waals surface area contributed by atoms with Crippen molar-refractivity contribution in [2.75, 3.05) is 5.43 Å². The topological polar surface area (TPSA) is 58.2 Å². The van der Waals surface area contributed by atoms with Crippen LogP contribution in [0.15, 0.2) is 41.3 Å². The van der Waals surface area contributed by atoms with Gasteiger partial charge in [-0.3, -0.25) is 0 Å². The summed E-state index contributed by atoms with van der Waals surface area (Å²) in [4.78, 5) is 1.82. The number of sulfonamides is 1. The van der Waals surface area contributed by atoms with Crippen molar-refractivity contribution < 1.29 is 12.8 Å². The summed E-state index contributed by atoms with van der Waals surface area (Å²) in [6, 6.07) is 7.35. The molecule has 0 fully saturated rings. The second-order valence-corrected chi connectivity index (χ2v) is 6.87. The highest BCUT2D eigenvalue weighted by Crippen LogP contribution is 2.33. The molecule has 0 aliphatic carbocycles. The molecule has 0 saturated heterocycles. The SMILES string of the molecule is O=S(=O)(NNc1c(Cl)cc(Cl)cc1Cl)c1cccc(F)c1. The average molecular weight is 370 g/mol. The molecule has 0 saturated carbocycles. The third kappa shape index (κ3) is 3.99. The van der Waals surface area contributed by atoms with Gasteiger partial charge in [0.05, 0.1) is 20.6 Å². The largest absolute Gasteiger partial charge is 0.305 e. The maximum Gasteiger partial charge on any atom is 0.257 e. The quantitative estimate of drug-likeness (QED) is 0.798. The molecule has 0 heterocycles. The molecule has 0 atom stereocenters. The van der Waals surface area contributed by atoms with Crippen LogP contribution in [0, 0.1) is 5.82 Å². The first-order valence-corrected chi connectivity index (χ1v) is 8.09. The molecule has 0 unspecified atom stereocenters. The fourth-order valence-electron chi connectivity index (χ4n) is 1.47. The van der Waals surface area contributed by atoms with Crippen LogP contribution in [0.5, 0.6) is 0 Å². The van der Waals surface area contributed by atoms with E-state index in [-0.39, 0.29) is 20.6 Å². The van der Waals surface area contributed by atoms with Crippen molar-refractivity contribution in [2.24, 2.45) is 0 Å². The molecule has 0 aliphatic heterocycles. The summed E-state index contributed by atoms with van der Waals surface area (Å²) < 4.78 is 37.1. The van der Waals surface area contributed by atoms with Gasteiger partial charge in [0.25, 0.3) is 10.0 Å². The smallest absolute Gasteiger partial charge is 0.257 e. The van der Waals surface area contributed by atoms with Crippen LogP contribution in [0.1, 0.15) is 0 Å².